The minimum Gasteiger partial charge on any atom is -0.305 e. The molecular weight excluding hydrogens is 352 g/mol. The van der Waals surface area contributed by atoms with Gasteiger partial charge in [-0.2, -0.15) is 10.2 Å². The van der Waals surface area contributed by atoms with Crippen LogP contribution < -0.4 is 10.4 Å². The zero-order valence-electron chi connectivity index (χ0n) is 17.4. The molecule has 0 bridgehead atoms. The second-order valence-corrected chi connectivity index (χ2v) is 8.33. The molecule has 28 heavy (non-hydrogen) atoms. The fourth-order valence-electron chi connectivity index (χ4n) is 2.72. The highest BCUT2D eigenvalue weighted by Gasteiger charge is 2.22. The van der Waals surface area contributed by atoms with Gasteiger partial charge in [0.25, 0.3) is 5.91 Å². The fraction of sp³-hybridized carbons (Fsp3) is 0.429. The van der Waals surface area contributed by atoms with Crippen LogP contribution in [0.3, 0.4) is 0 Å². The molecule has 0 radical (unpaired) electrons. The van der Waals surface area contributed by atoms with Crippen molar-refractivity contribution in [2.75, 3.05) is 25.6 Å². The van der Waals surface area contributed by atoms with E-state index >= 15 is 0 Å². The summed E-state index contributed by atoms with van der Waals surface area (Å²) in [5.74, 6) is 0.373. The maximum absolute atomic E-state index is 12.8. The Labute approximate surface area is 167 Å². The second-order valence-electron chi connectivity index (χ2n) is 8.33. The molecule has 1 amide bonds. The van der Waals surface area contributed by atoms with Crippen LogP contribution in [-0.2, 0) is 6.54 Å². The van der Waals surface area contributed by atoms with E-state index in [1.54, 1.807) is 11.2 Å². The summed E-state index contributed by atoms with van der Waals surface area (Å²) in [5, 5.41) is 10.8. The molecule has 2 rings (SSSR count). The third kappa shape index (κ3) is 6.03. The highest BCUT2D eigenvalue weighted by atomic mass is 16.2. The molecule has 2 aromatic rings. The quantitative estimate of drug-likeness (QED) is 0.776. The van der Waals surface area contributed by atoms with Crippen molar-refractivity contribution in [3.05, 3.63) is 53.0 Å². The Morgan fingerprint density at radius 3 is 2.39 bits per heavy atom. The first kappa shape index (κ1) is 21.3. The summed E-state index contributed by atoms with van der Waals surface area (Å²) in [6.45, 7) is 9.42. The summed E-state index contributed by atoms with van der Waals surface area (Å²) in [6, 6.07) is 9.49. The van der Waals surface area contributed by atoms with Crippen LogP contribution in [0, 0.1) is 23.7 Å². The van der Waals surface area contributed by atoms with Crippen LogP contribution >= 0.6 is 0 Å². The van der Waals surface area contributed by atoms with Gasteiger partial charge in [-0.15, -0.1) is 0 Å². The second kappa shape index (κ2) is 8.81. The Hall–Kier alpha value is -2.98. The third-order valence-corrected chi connectivity index (χ3v) is 3.88. The van der Waals surface area contributed by atoms with Crippen molar-refractivity contribution in [3.63, 3.8) is 0 Å². The van der Waals surface area contributed by atoms with E-state index < -0.39 is 0 Å². The zero-order valence-corrected chi connectivity index (χ0v) is 17.4. The van der Waals surface area contributed by atoms with E-state index in [1.807, 2.05) is 51.4 Å². The van der Waals surface area contributed by atoms with Gasteiger partial charge in [0.2, 0.25) is 5.82 Å². The van der Waals surface area contributed by atoms with Gasteiger partial charge in [-0.3, -0.25) is 15.2 Å². The summed E-state index contributed by atoms with van der Waals surface area (Å²) in [6.07, 6.45) is 1.60. The molecule has 1 aromatic carbocycles. The Morgan fingerprint density at radius 2 is 1.86 bits per heavy atom. The lowest BCUT2D eigenvalue weighted by atomic mass is 9.96. The molecule has 0 aliphatic carbocycles. The number of nitrogens with one attached hydrogen (secondary N) is 1. The van der Waals surface area contributed by atoms with Gasteiger partial charge in [0, 0.05) is 30.4 Å². The predicted molar refractivity (Wildman–Crippen MR) is 110 cm³/mol. The molecule has 0 saturated heterocycles. The Bertz CT molecular complexity index is 862. The molecule has 0 spiro atoms. The number of amides is 1. The first-order valence-corrected chi connectivity index (χ1v) is 9.15. The van der Waals surface area contributed by atoms with E-state index in [4.69, 9.17) is 5.26 Å². The topological polar surface area (TPSA) is 85.1 Å². The highest BCUT2D eigenvalue weighted by Crippen LogP contribution is 2.21. The van der Waals surface area contributed by atoms with E-state index in [-0.39, 0.29) is 17.1 Å². The van der Waals surface area contributed by atoms with Gasteiger partial charge >= 0.3 is 0 Å². The minimum absolute atomic E-state index is 0.0711. The van der Waals surface area contributed by atoms with Crippen molar-refractivity contribution in [1.29, 1.82) is 5.26 Å². The molecule has 1 heterocycles. The van der Waals surface area contributed by atoms with E-state index in [1.165, 1.54) is 0 Å². The van der Waals surface area contributed by atoms with Crippen LogP contribution in [0.1, 0.15) is 48.1 Å². The normalized spacial score (nSPS) is 11.2. The monoisotopic (exact) mass is 380 g/mol. The van der Waals surface area contributed by atoms with Crippen LogP contribution in [0.15, 0.2) is 30.5 Å². The average molecular weight is 380 g/mol. The number of anilines is 1. The largest absolute Gasteiger partial charge is 0.305 e. The number of aryl methyl sites for hydroxylation is 1. The summed E-state index contributed by atoms with van der Waals surface area (Å²) in [4.78, 5) is 23.2. The summed E-state index contributed by atoms with van der Waals surface area (Å²) < 4.78 is 0. The summed E-state index contributed by atoms with van der Waals surface area (Å²) in [5.41, 5.74) is 5.32. The van der Waals surface area contributed by atoms with Gasteiger partial charge in [0.15, 0.2) is 5.82 Å². The van der Waals surface area contributed by atoms with E-state index in [0.29, 0.717) is 17.9 Å². The van der Waals surface area contributed by atoms with Gasteiger partial charge in [-0.25, -0.2) is 4.98 Å². The predicted octanol–water partition coefficient (Wildman–Crippen LogP) is 2.92. The lowest BCUT2D eigenvalue weighted by Gasteiger charge is -2.31. The molecule has 0 atom stereocenters. The first-order valence-electron chi connectivity index (χ1n) is 9.15. The van der Waals surface area contributed by atoms with E-state index in [9.17, 15) is 4.79 Å². The molecule has 0 saturated carbocycles. The number of rotatable bonds is 6. The molecule has 0 aliphatic heterocycles. The SMILES string of the molecule is Cc1cnc(C#N)nc1N(CC(C)(C)C)NC(=O)c1ccc(CN(C)C)cc1. The van der Waals surface area contributed by atoms with Crippen LogP contribution in [0.2, 0.25) is 0 Å². The van der Waals surface area contributed by atoms with E-state index in [0.717, 1.165) is 17.7 Å². The number of aromatic nitrogens is 2. The summed E-state index contributed by atoms with van der Waals surface area (Å²) >= 11 is 0. The van der Waals surface area contributed by atoms with Gasteiger partial charge < -0.3 is 4.90 Å². The highest BCUT2D eigenvalue weighted by molar-refractivity contribution is 5.95. The van der Waals surface area contributed by atoms with Crippen molar-refractivity contribution < 1.29 is 4.79 Å². The molecule has 0 unspecified atom stereocenters. The number of carbonyl (C=O) groups is 1. The molecule has 148 valence electrons. The molecule has 7 heteroatoms. The molecule has 1 aromatic heterocycles. The third-order valence-electron chi connectivity index (χ3n) is 3.88. The van der Waals surface area contributed by atoms with Gasteiger partial charge in [-0.1, -0.05) is 32.9 Å². The lowest BCUT2D eigenvalue weighted by Crippen LogP contribution is -2.47. The first-order chi connectivity index (χ1) is 13.1. The van der Waals surface area contributed by atoms with Crippen molar-refractivity contribution >= 4 is 11.7 Å². The Balaban J connectivity index is 2.28. The number of hydrogen-bond acceptors (Lipinski definition) is 6. The molecule has 7 nitrogen and oxygen atoms in total. The summed E-state index contributed by atoms with van der Waals surface area (Å²) in [7, 11) is 4.01. The van der Waals surface area contributed by atoms with Gasteiger partial charge in [0.1, 0.15) is 6.07 Å². The number of nitrogens with zero attached hydrogens (tertiary/aromatic N) is 5. The molecular formula is C21H28N6O. The van der Waals surface area contributed by atoms with Gasteiger partial charge in [-0.05, 0) is 44.1 Å². The van der Waals surface area contributed by atoms with Crippen molar-refractivity contribution in [3.8, 4) is 6.07 Å². The molecule has 1 N–H and O–H groups in total. The van der Waals surface area contributed by atoms with Crippen LogP contribution in [0.25, 0.3) is 0 Å². The minimum atomic E-state index is -0.225. The zero-order chi connectivity index (χ0) is 20.9. The average Bonchev–Trinajstić information content (AvgIpc) is 2.60. The Kier molecular flexibility index (Phi) is 6.71. The maximum Gasteiger partial charge on any atom is 0.269 e. The number of carbonyl (C=O) groups excluding carboxylic acids is 1. The van der Waals surface area contributed by atoms with Crippen LogP contribution in [-0.4, -0.2) is 41.4 Å². The van der Waals surface area contributed by atoms with Crippen LogP contribution in [0.4, 0.5) is 5.82 Å². The number of benzene rings is 1. The number of nitriles is 1. The van der Waals surface area contributed by atoms with Crippen molar-refractivity contribution in [2.24, 2.45) is 5.41 Å². The van der Waals surface area contributed by atoms with Gasteiger partial charge in [0.05, 0.1) is 0 Å². The molecule has 0 aliphatic rings. The number of hydrogen-bond donors (Lipinski definition) is 1. The van der Waals surface area contributed by atoms with Crippen molar-refractivity contribution in [2.45, 2.75) is 34.2 Å². The smallest absolute Gasteiger partial charge is 0.269 e. The number of hydrazine groups is 1. The Morgan fingerprint density at radius 1 is 1.21 bits per heavy atom. The van der Waals surface area contributed by atoms with E-state index in [2.05, 4.69) is 41.1 Å². The standard InChI is InChI=1S/C21H28N6O/c1-15-12-23-18(11-22)24-19(15)27(14-21(2,3)4)25-20(28)17-9-7-16(8-10-17)13-26(5)6/h7-10,12H,13-14H2,1-6H3,(H,25,28). The molecule has 0 fully saturated rings. The maximum atomic E-state index is 12.8. The van der Waals surface area contributed by atoms with Crippen molar-refractivity contribution in [1.82, 2.24) is 20.3 Å². The lowest BCUT2D eigenvalue weighted by molar-refractivity contribution is 0.0945. The fourth-order valence-corrected chi connectivity index (χ4v) is 2.72. The van der Waals surface area contributed by atoms with Crippen LogP contribution in [0.5, 0.6) is 0 Å².